The molecule has 2 heterocycles. The van der Waals surface area contributed by atoms with E-state index in [1.807, 2.05) is 4.81 Å². The summed E-state index contributed by atoms with van der Waals surface area (Å²) in [4.78, 5) is 29.9. The van der Waals surface area contributed by atoms with Crippen molar-refractivity contribution >= 4 is 39.2 Å². The van der Waals surface area contributed by atoms with Gasteiger partial charge in [0.2, 0.25) is 5.01 Å². The van der Waals surface area contributed by atoms with Gasteiger partial charge in [-0.2, -0.15) is 0 Å². The van der Waals surface area contributed by atoms with Crippen molar-refractivity contribution < 1.29 is 18.8 Å². The zero-order valence-corrected chi connectivity index (χ0v) is 16.9. The number of carbonyl (C=O) groups excluding carboxylic acids is 2. The molecule has 0 N–H and O–H groups in total. The molecule has 1 aromatic rings. The van der Waals surface area contributed by atoms with Crippen LogP contribution in [0.1, 0.15) is 47.2 Å². The van der Waals surface area contributed by atoms with Crippen LogP contribution in [0, 0.1) is 0 Å². The van der Waals surface area contributed by atoms with Crippen molar-refractivity contribution in [1.29, 1.82) is 0 Å². The summed E-state index contributed by atoms with van der Waals surface area (Å²) in [6, 6.07) is 0. The van der Waals surface area contributed by atoms with Crippen LogP contribution < -0.4 is 0 Å². The summed E-state index contributed by atoms with van der Waals surface area (Å²) < 4.78 is 11.3. The molecule has 6 nitrogen and oxygen atoms in total. The Hall–Kier alpha value is -1.03. The van der Waals surface area contributed by atoms with E-state index in [-0.39, 0.29) is 11.1 Å². The summed E-state index contributed by atoms with van der Waals surface area (Å²) in [5, 5.41) is 0.402. The summed E-state index contributed by atoms with van der Waals surface area (Å²) in [5.74, 6) is -0.439. The van der Waals surface area contributed by atoms with Crippen LogP contribution in [0.5, 0.6) is 0 Å². The third kappa shape index (κ3) is 3.96. The molecular weight excluding hydrogens is 343 g/mol. The summed E-state index contributed by atoms with van der Waals surface area (Å²) >= 11 is 1.33. The number of esters is 1. The van der Waals surface area contributed by atoms with Gasteiger partial charge in [-0.05, 0) is 18.1 Å². The molecule has 1 radical (unpaired) electrons. The number of hydrogen-bond acceptors (Lipinski definition) is 7. The van der Waals surface area contributed by atoms with E-state index < -0.39 is 14.3 Å². The second-order valence-electron chi connectivity index (χ2n) is 7.40. The minimum atomic E-state index is -2.01. The van der Waals surface area contributed by atoms with E-state index in [0.29, 0.717) is 18.1 Å². The average molecular weight is 367 g/mol. The first kappa shape index (κ1) is 19.3. The van der Waals surface area contributed by atoms with Gasteiger partial charge in [0.25, 0.3) is 7.41 Å². The van der Waals surface area contributed by atoms with Crippen LogP contribution >= 0.6 is 11.3 Å². The minimum Gasteiger partial charge on any atom is -0.464 e. The van der Waals surface area contributed by atoms with Crippen molar-refractivity contribution in [2.24, 2.45) is 0 Å². The molecule has 0 bridgehead atoms. The fourth-order valence-electron chi connectivity index (χ4n) is 2.28. The lowest BCUT2D eigenvalue weighted by Gasteiger charge is -2.41. The standard InChI is InChI=1S/C15H24BN2O4SSi/c1-15(2,3)24(5,6)22-11-8-18(16-9-19)7-10-12(11)23-13(17-10)14(20)21-4/h9,11H,7-8H2,1-6H3. The summed E-state index contributed by atoms with van der Waals surface area (Å²) in [7, 11) is 0.842. The predicted octanol–water partition coefficient (Wildman–Crippen LogP) is 2.62. The van der Waals surface area contributed by atoms with Crippen molar-refractivity contribution in [3.63, 3.8) is 0 Å². The SMILES string of the molecule is COC(=O)c1nc2c(s1)C(O[Si](C)(C)C(C)(C)C)CN([B]C=O)C2. The van der Waals surface area contributed by atoms with Crippen molar-refractivity contribution in [3.05, 3.63) is 15.6 Å². The normalized spacial score (nSPS) is 18.8. The number of thiazole rings is 1. The van der Waals surface area contributed by atoms with Crippen LogP contribution in [-0.2, 0) is 20.5 Å². The lowest BCUT2D eigenvalue weighted by atomic mass is 9.91. The lowest BCUT2D eigenvalue weighted by Crippen LogP contribution is -2.46. The fraction of sp³-hybridized carbons (Fsp3) is 0.667. The van der Waals surface area contributed by atoms with Gasteiger partial charge >= 0.3 is 5.97 Å². The van der Waals surface area contributed by atoms with Gasteiger partial charge in [-0.1, -0.05) is 20.8 Å². The molecule has 0 saturated carbocycles. The highest BCUT2D eigenvalue weighted by atomic mass is 32.1. The third-order valence-electron chi connectivity index (χ3n) is 4.65. The zero-order chi connectivity index (χ0) is 18.1. The monoisotopic (exact) mass is 367 g/mol. The molecule has 2 rings (SSSR count). The smallest absolute Gasteiger partial charge is 0.367 e. The predicted molar refractivity (Wildman–Crippen MR) is 97.4 cm³/mol. The molecule has 0 saturated heterocycles. The number of methoxy groups -OCH3 is 1. The quantitative estimate of drug-likeness (QED) is 0.453. The maximum absolute atomic E-state index is 11.8. The van der Waals surface area contributed by atoms with Gasteiger partial charge in [0, 0.05) is 13.1 Å². The van der Waals surface area contributed by atoms with Crippen molar-refractivity contribution in [3.8, 4) is 0 Å². The molecule has 0 amide bonds. The Bertz CT molecular complexity index is 629. The highest BCUT2D eigenvalue weighted by molar-refractivity contribution is 7.13. The third-order valence-corrected chi connectivity index (χ3v) is 10.3. The second kappa shape index (κ2) is 7.07. The van der Waals surface area contributed by atoms with Crippen molar-refractivity contribution in [2.45, 2.75) is 51.6 Å². The van der Waals surface area contributed by atoms with Gasteiger partial charge in [-0.15, -0.1) is 11.3 Å². The summed E-state index contributed by atoms with van der Waals surface area (Å²) in [6.07, 6.45) is 0.573. The van der Waals surface area contributed by atoms with Crippen LogP contribution in [0.25, 0.3) is 0 Å². The van der Waals surface area contributed by atoms with E-state index in [1.54, 1.807) is 0 Å². The Morgan fingerprint density at radius 2 is 2.12 bits per heavy atom. The molecule has 1 atom stereocenters. The van der Waals surface area contributed by atoms with Gasteiger partial charge in [0.05, 0.1) is 30.0 Å². The van der Waals surface area contributed by atoms with Crippen LogP contribution in [0.4, 0.5) is 0 Å². The average Bonchev–Trinajstić information content (AvgIpc) is 2.89. The van der Waals surface area contributed by atoms with E-state index >= 15 is 0 Å². The maximum Gasteiger partial charge on any atom is 0.367 e. The molecular formula is C15H24BN2O4SSi. The molecule has 9 heteroatoms. The van der Waals surface area contributed by atoms with E-state index in [9.17, 15) is 9.59 Å². The van der Waals surface area contributed by atoms with Gasteiger partial charge in [0.15, 0.2) is 8.32 Å². The number of carbonyl (C=O) groups is 2. The molecule has 0 aromatic carbocycles. The Morgan fingerprint density at radius 3 is 2.67 bits per heavy atom. The molecule has 24 heavy (non-hydrogen) atoms. The van der Waals surface area contributed by atoms with Gasteiger partial charge in [-0.3, -0.25) is 0 Å². The summed E-state index contributed by atoms with van der Waals surface area (Å²) in [6.45, 7) is 12.0. The molecule has 131 valence electrons. The van der Waals surface area contributed by atoms with Crippen molar-refractivity contribution in [2.75, 3.05) is 13.7 Å². The maximum atomic E-state index is 11.8. The number of fused-ring (bicyclic) bond motifs is 1. The summed E-state index contributed by atoms with van der Waals surface area (Å²) in [5.41, 5.74) is 0.786. The second-order valence-corrected chi connectivity index (χ2v) is 13.2. The number of hydrogen-bond donors (Lipinski definition) is 0. The van der Waals surface area contributed by atoms with E-state index in [0.717, 1.165) is 16.8 Å². The minimum absolute atomic E-state index is 0.0691. The number of rotatable bonds is 5. The van der Waals surface area contributed by atoms with Crippen LogP contribution in [0.3, 0.4) is 0 Å². The largest absolute Gasteiger partial charge is 0.464 e. The highest BCUT2D eigenvalue weighted by Gasteiger charge is 2.42. The number of ether oxygens (including phenoxy) is 1. The topological polar surface area (TPSA) is 68.7 Å². The lowest BCUT2D eigenvalue weighted by molar-refractivity contribution is 0.0600. The molecule has 1 unspecified atom stereocenters. The van der Waals surface area contributed by atoms with Gasteiger partial charge in [0.1, 0.15) is 0 Å². The van der Waals surface area contributed by atoms with Gasteiger partial charge in [-0.25, -0.2) is 9.78 Å². The fourth-order valence-corrected chi connectivity index (χ4v) is 4.63. The zero-order valence-electron chi connectivity index (χ0n) is 15.1. The van der Waals surface area contributed by atoms with E-state index in [2.05, 4.69) is 38.8 Å². The Morgan fingerprint density at radius 1 is 1.46 bits per heavy atom. The van der Waals surface area contributed by atoms with E-state index in [4.69, 9.17) is 9.16 Å². The van der Waals surface area contributed by atoms with Gasteiger partial charge < -0.3 is 18.8 Å². The first-order valence-electron chi connectivity index (χ1n) is 7.87. The number of aromatic nitrogens is 1. The van der Waals surface area contributed by atoms with Crippen molar-refractivity contribution in [1.82, 2.24) is 9.79 Å². The Balaban J connectivity index is 2.35. The molecule has 0 spiro atoms. The first-order chi connectivity index (χ1) is 11.1. The Labute approximate surface area is 148 Å². The molecule has 0 aliphatic carbocycles. The van der Waals surface area contributed by atoms with E-state index in [1.165, 1.54) is 25.9 Å². The number of nitrogens with zero attached hydrogens (tertiary/aromatic N) is 2. The molecule has 1 aromatic heterocycles. The first-order valence-corrected chi connectivity index (χ1v) is 11.6. The molecule has 1 aliphatic rings. The molecule has 0 fully saturated rings. The van der Waals surface area contributed by atoms with Crippen LogP contribution in [0.2, 0.25) is 18.1 Å². The highest BCUT2D eigenvalue weighted by Crippen LogP contribution is 2.42. The molecule has 1 aliphatic heterocycles. The van der Waals surface area contributed by atoms with Crippen LogP contribution in [-0.4, -0.2) is 51.3 Å². The van der Waals surface area contributed by atoms with Crippen LogP contribution in [0.15, 0.2) is 0 Å². The Kier molecular flexibility index (Phi) is 5.68.